The van der Waals surface area contributed by atoms with Crippen molar-refractivity contribution in [2.45, 2.75) is 465 Å². The molecular formula is C85H166O17P2. The number of ether oxygens (including phenoxy) is 4. The Hall–Kier alpha value is -1.94. The molecule has 0 aromatic carbocycles. The van der Waals surface area contributed by atoms with Gasteiger partial charge in [-0.1, -0.05) is 395 Å². The zero-order chi connectivity index (χ0) is 76.5. The number of hydrogen-bond acceptors (Lipinski definition) is 15. The minimum Gasteiger partial charge on any atom is -0.462 e. The second-order valence-corrected chi connectivity index (χ2v) is 34.4. The van der Waals surface area contributed by atoms with Crippen LogP contribution in [-0.2, 0) is 65.4 Å². The highest BCUT2D eigenvalue weighted by Gasteiger charge is 2.30. The zero-order valence-corrected chi connectivity index (χ0v) is 70.3. The molecule has 618 valence electrons. The number of phosphoric ester groups is 2. The van der Waals surface area contributed by atoms with E-state index < -0.39 is 97.5 Å². The number of carbonyl (C=O) groups excluding carboxylic acids is 4. The fourth-order valence-corrected chi connectivity index (χ4v) is 14.7. The summed E-state index contributed by atoms with van der Waals surface area (Å²) >= 11 is 0. The maximum atomic E-state index is 13.1. The van der Waals surface area contributed by atoms with Crippen molar-refractivity contribution in [3.05, 3.63) is 0 Å². The fourth-order valence-electron chi connectivity index (χ4n) is 13.1. The summed E-state index contributed by atoms with van der Waals surface area (Å²) in [5.41, 5.74) is 0. The van der Waals surface area contributed by atoms with Gasteiger partial charge in [0.2, 0.25) is 0 Å². The Kier molecular flexibility index (Phi) is 73.7. The van der Waals surface area contributed by atoms with Crippen molar-refractivity contribution in [1.82, 2.24) is 0 Å². The van der Waals surface area contributed by atoms with Gasteiger partial charge in [-0.15, -0.1) is 0 Å². The molecule has 0 aliphatic carbocycles. The van der Waals surface area contributed by atoms with E-state index >= 15 is 0 Å². The third-order valence-corrected chi connectivity index (χ3v) is 22.5. The molecule has 19 heteroatoms. The molecular weight excluding hydrogens is 1350 g/mol. The van der Waals surface area contributed by atoms with Gasteiger partial charge in [-0.05, 0) is 43.4 Å². The van der Waals surface area contributed by atoms with Crippen LogP contribution in [0.15, 0.2) is 0 Å². The van der Waals surface area contributed by atoms with E-state index in [0.29, 0.717) is 25.7 Å². The van der Waals surface area contributed by atoms with Crippen LogP contribution in [0.3, 0.4) is 0 Å². The fraction of sp³-hybridized carbons (Fsp3) is 0.953. The predicted octanol–water partition coefficient (Wildman–Crippen LogP) is 25.7. The van der Waals surface area contributed by atoms with Gasteiger partial charge in [0.1, 0.15) is 19.3 Å². The number of hydrogen-bond donors (Lipinski definition) is 3. The standard InChI is InChI=1S/C85H166O17P2/c1-8-11-12-13-14-35-45-52-59-66-82(87)95-72-80(102-85(90)69-62-55-48-41-34-33-38-44-51-58-65-78(7)10-3)74-99-103(91,92)97-70-79(86)71-98-104(93,94)100-75-81(73-96-83(88)67-60-53-46-39-31-27-23-20-19-21-25-29-36-42-49-56-63-76(4)5)101-84(89)68-61-54-47-40-32-28-24-18-16-15-17-22-26-30-37-43-50-57-64-77(6)9-2/h76-81,86H,8-75H2,1-7H3,(H,91,92)(H,93,94)/t77?,78?,79-,80+,81+/m0/s1. The Morgan fingerprint density at radius 1 is 0.279 bits per heavy atom. The SMILES string of the molecule is CCCCCCCCCCCC(=O)OC[C@H](COP(=O)(O)OC[C@H](O)COP(=O)(O)OC[C@@H](COC(=O)CCCCCCCCCCCCCCCCCCC(C)C)OC(=O)CCCCCCCCCCCCCCCCCCCCC(C)CC)OC(=O)CCCCCCCCCCCCC(C)CC. The maximum absolute atomic E-state index is 13.1. The molecule has 0 aromatic heterocycles. The van der Waals surface area contributed by atoms with Gasteiger partial charge < -0.3 is 33.8 Å². The van der Waals surface area contributed by atoms with Crippen LogP contribution in [0.25, 0.3) is 0 Å². The van der Waals surface area contributed by atoms with Gasteiger partial charge in [-0.2, -0.15) is 0 Å². The minimum absolute atomic E-state index is 0.106. The number of aliphatic hydroxyl groups excluding tert-OH is 1. The monoisotopic (exact) mass is 1520 g/mol. The third-order valence-electron chi connectivity index (χ3n) is 20.6. The van der Waals surface area contributed by atoms with Crippen LogP contribution in [0.1, 0.15) is 447 Å². The smallest absolute Gasteiger partial charge is 0.462 e. The average Bonchev–Trinajstić information content (AvgIpc) is 0.903. The lowest BCUT2D eigenvalue weighted by atomic mass is 9.99. The zero-order valence-electron chi connectivity index (χ0n) is 68.5. The molecule has 0 aromatic rings. The highest BCUT2D eigenvalue weighted by atomic mass is 31.2. The molecule has 104 heavy (non-hydrogen) atoms. The van der Waals surface area contributed by atoms with Gasteiger partial charge in [-0.3, -0.25) is 37.3 Å². The van der Waals surface area contributed by atoms with Crippen LogP contribution in [0.4, 0.5) is 0 Å². The van der Waals surface area contributed by atoms with Crippen molar-refractivity contribution < 1.29 is 80.2 Å². The van der Waals surface area contributed by atoms with E-state index in [1.165, 1.54) is 257 Å². The third kappa shape index (κ3) is 75.5. The lowest BCUT2D eigenvalue weighted by Gasteiger charge is -2.21. The highest BCUT2D eigenvalue weighted by molar-refractivity contribution is 7.47. The topological polar surface area (TPSA) is 237 Å². The molecule has 0 fully saturated rings. The molecule has 4 unspecified atom stereocenters. The number of phosphoric acid groups is 2. The van der Waals surface area contributed by atoms with Crippen molar-refractivity contribution in [2.75, 3.05) is 39.6 Å². The summed E-state index contributed by atoms with van der Waals surface area (Å²) in [7, 11) is -9.92. The van der Waals surface area contributed by atoms with Gasteiger partial charge in [0, 0.05) is 25.7 Å². The van der Waals surface area contributed by atoms with Crippen molar-refractivity contribution >= 4 is 39.5 Å². The van der Waals surface area contributed by atoms with E-state index in [4.69, 9.17) is 37.0 Å². The first-order valence-corrected chi connectivity index (χ1v) is 46.9. The average molecular weight is 1520 g/mol. The molecule has 0 saturated heterocycles. The van der Waals surface area contributed by atoms with Crippen molar-refractivity contribution in [3.63, 3.8) is 0 Å². The van der Waals surface area contributed by atoms with E-state index in [0.717, 1.165) is 108 Å². The molecule has 0 aliphatic heterocycles. The second kappa shape index (κ2) is 75.1. The lowest BCUT2D eigenvalue weighted by Crippen LogP contribution is -2.30. The number of carbonyl (C=O) groups is 4. The molecule has 17 nitrogen and oxygen atoms in total. The van der Waals surface area contributed by atoms with Gasteiger partial charge in [-0.25, -0.2) is 9.13 Å². The molecule has 0 amide bonds. The minimum atomic E-state index is -4.97. The quantitative estimate of drug-likeness (QED) is 0.0222. The van der Waals surface area contributed by atoms with Gasteiger partial charge in [0.05, 0.1) is 26.4 Å². The Balaban J connectivity index is 5.21. The Morgan fingerprint density at radius 2 is 0.490 bits per heavy atom. The summed E-state index contributed by atoms with van der Waals surface area (Å²) in [4.78, 5) is 73.1. The molecule has 0 bridgehead atoms. The van der Waals surface area contributed by atoms with Gasteiger partial charge >= 0.3 is 39.5 Å². The molecule has 0 aliphatic rings. The van der Waals surface area contributed by atoms with E-state index in [-0.39, 0.29) is 25.7 Å². The van der Waals surface area contributed by atoms with E-state index in [9.17, 15) is 43.2 Å². The number of esters is 4. The van der Waals surface area contributed by atoms with Crippen LogP contribution in [0.2, 0.25) is 0 Å². The molecule has 7 atom stereocenters. The predicted molar refractivity (Wildman–Crippen MR) is 428 cm³/mol. The van der Waals surface area contributed by atoms with E-state index in [2.05, 4.69) is 48.5 Å². The first-order valence-electron chi connectivity index (χ1n) is 43.9. The second-order valence-electron chi connectivity index (χ2n) is 31.5. The highest BCUT2D eigenvalue weighted by Crippen LogP contribution is 2.45. The largest absolute Gasteiger partial charge is 0.472 e. The number of aliphatic hydroxyl groups is 1. The van der Waals surface area contributed by atoms with Gasteiger partial charge in [0.25, 0.3) is 0 Å². The molecule has 0 heterocycles. The molecule has 0 spiro atoms. The Labute approximate surface area is 638 Å². The summed E-state index contributed by atoms with van der Waals surface area (Å²) in [6, 6.07) is 0. The summed E-state index contributed by atoms with van der Waals surface area (Å²) < 4.78 is 68.8. The van der Waals surface area contributed by atoms with E-state index in [1.54, 1.807) is 0 Å². The summed E-state index contributed by atoms with van der Waals surface area (Å²) in [6.45, 7) is 12.1. The molecule has 0 radical (unpaired) electrons. The summed E-state index contributed by atoms with van der Waals surface area (Å²) in [5.74, 6) is 0.379. The normalized spacial score (nSPS) is 14.4. The number of rotatable bonds is 83. The van der Waals surface area contributed by atoms with Gasteiger partial charge in [0.15, 0.2) is 12.2 Å². The molecule has 0 saturated carbocycles. The first kappa shape index (κ1) is 102. The van der Waals surface area contributed by atoms with Crippen molar-refractivity contribution in [3.8, 4) is 0 Å². The van der Waals surface area contributed by atoms with Crippen molar-refractivity contribution in [2.24, 2.45) is 17.8 Å². The first-order chi connectivity index (χ1) is 50.3. The lowest BCUT2D eigenvalue weighted by molar-refractivity contribution is -0.161. The van der Waals surface area contributed by atoms with Crippen molar-refractivity contribution in [1.29, 1.82) is 0 Å². The maximum Gasteiger partial charge on any atom is 0.472 e. The van der Waals surface area contributed by atoms with Crippen LogP contribution in [0.5, 0.6) is 0 Å². The Bertz CT molecular complexity index is 2010. The summed E-state index contributed by atoms with van der Waals surface area (Å²) in [5, 5.41) is 10.7. The van der Waals surface area contributed by atoms with E-state index in [1.807, 2.05) is 0 Å². The number of unbranched alkanes of at least 4 members (excludes halogenated alkanes) is 49. The Morgan fingerprint density at radius 3 is 0.731 bits per heavy atom. The summed E-state index contributed by atoms with van der Waals surface area (Å²) in [6.07, 6.45) is 65.2. The van der Waals surface area contributed by atoms with Crippen LogP contribution >= 0.6 is 15.6 Å². The molecule has 0 rings (SSSR count). The van der Waals surface area contributed by atoms with Crippen LogP contribution in [0, 0.1) is 17.8 Å². The molecule has 3 N–H and O–H groups in total. The van der Waals surface area contributed by atoms with Crippen LogP contribution < -0.4 is 0 Å². The van der Waals surface area contributed by atoms with Crippen LogP contribution in [-0.4, -0.2) is 96.7 Å².